The molecule has 3 unspecified atom stereocenters. The van der Waals surface area contributed by atoms with Crippen LogP contribution in [-0.4, -0.2) is 36.6 Å². The summed E-state index contributed by atoms with van der Waals surface area (Å²) in [6.45, 7) is 5.95. The fourth-order valence-electron chi connectivity index (χ4n) is 3.97. The van der Waals surface area contributed by atoms with Crippen LogP contribution in [-0.2, 0) is 6.42 Å². The average molecular weight is 290 g/mol. The molecule has 2 nitrogen and oxygen atoms in total. The van der Waals surface area contributed by atoms with Crippen molar-refractivity contribution < 1.29 is 4.39 Å². The second-order valence-electron chi connectivity index (χ2n) is 6.78. The summed E-state index contributed by atoms with van der Waals surface area (Å²) in [5.74, 6) is 0.675. The molecule has 2 heterocycles. The lowest BCUT2D eigenvalue weighted by atomic mass is 9.88. The number of likely N-dealkylation sites (tertiary alicyclic amines) is 1. The Morgan fingerprint density at radius 3 is 2.76 bits per heavy atom. The van der Waals surface area contributed by atoms with Gasteiger partial charge >= 0.3 is 0 Å². The van der Waals surface area contributed by atoms with Gasteiger partial charge < -0.3 is 5.32 Å². The molecule has 21 heavy (non-hydrogen) atoms. The van der Waals surface area contributed by atoms with E-state index < -0.39 is 0 Å². The first-order valence-corrected chi connectivity index (χ1v) is 8.44. The van der Waals surface area contributed by atoms with Gasteiger partial charge in [-0.1, -0.05) is 12.1 Å². The summed E-state index contributed by atoms with van der Waals surface area (Å²) >= 11 is 0. The summed E-state index contributed by atoms with van der Waals surface area (Å²) in [7, 11) is 0. The first-order valence-electron chi connectivity index (χ1n) is 8.44. The number of hydrogen-bond donors (Lipinski definition) is 1. The number of rotatable bonds is 4. The average Bonchev–Trinajstić information content (AvgIpc) is 3.04. The minimum atomic E-state index is -0.142. The van der Waals surface area contributed by atoms with Crippen LogP contribution in [0, 0.1) is 11.7 Å². The molecule has 0 radical (unpaired) electrons. The smallest absolute Gasteiger partial charge is 0.123 e. The molecule has 116 valence electrons. The SMILES string of the molecule is CC(Cc1ccc(F)cc1)N1CCCC(C2CCCN2)C1. The molecule has 3 rings (SSSR count). The van der Waals surface area contributed by atoms with Crippen molar-refractivity contribution in [1.82, 2.24) is 10.2 Å². The summed E-state index contributed by atoms with van der Waals surface area (Å²) in [5.41, 5.74) is 1.24. The second-order valence-corrected chi connectivity index (χ2v) is 6.78. The maximum Gasteiger partial charge on any atom is 0.123 e. The molecule has 2 fully saturated rings. The highest BCUT2D eigenvalue weighted by molar-refractivity contribution is 5.17. The lowest BCUT2D eigenvalue weighted by Gasteiger charge is -2.39. The molecule has 2 saturated heterocycles. The van der Waals surface area contributed by atoms with Crippen LogP contribution in [0.3, 0.4) is 0 Å². The van der Waals surface area contributed by atoms with Crippen molar-refractivity contribution in [3.63, 3.8) is 0 Å². The van der Waals surface area contributed by atoms with Gasteiger partial charge in [0.05, 0.1) is 0 Å². The van der Waals surface area contributed by atoms with Crippen LogP contribution in [0.5, 0.6) is 0 Å². The van der Waals surface area contributed by atoms with Gasteiger partial charge in [-0.2, -0.15) is 0 Å². The minimum absolute atomic E-state index is 0.142. The standard InChI is InChI=1S/C18H27FN2/c1-14(12-15-6-8-17(19)9-7-15)21-11-3-4-16(13-21)18-5-2-10-20-18/h6-9,14,16,18,20H,2-5,10-13H2,1H3. The van der Waals surface area contributed by atoms with Crippen molar-refractivity contribution in [1.29, 1.82) is 0 Å². The van der Waals surface area contributed by atoms with Crippen molar-refractivity contribution in [3.8, 4) is 0 Å². The predicted molar refractivity (Wildman–Crippen MR) is 84.9 cm³/mol. The molecular weight excluding hydrogens is 263 g/mol. The summed E-state index contributed by atoms with van der Waals surface area (Å²) in [6, 6.07) is 8.27. The molecule has 0 aromatic heterocycles. The van der Waals surface area contributed by atoms with Crippen LogP contribution in [0.25, 0.3) is 0 Å². The highest BCUT2D eigenvalue weighted by Crippen LogP contribution is 2.26. The Morgan fingerprint density at radius 2 is 2.05 bits per heavy atom. The summed E-state index contributed by atoms with van der Waals surface area (Å²) in [5, 5.41) is 3.67. The van der Waals surface area contributed by atoms with Crippen LogP contribution < -0.4 is 5.32 Å². The Balaban J connectivity index is 1.56. The predicted octanol–water partition coefficient (Wildman–Crippen LogP) is 3.22. The molecule has 1 aromatic rings. The van der Waals surface area contributed by atoms with Gasteiger partial charge in [-0.05, 0) is 75.7 Å². The zero-order valence-electron chi connectivity index (χ0n) is 13.0. The van der Waals surface area contributed by atoms with Gasteiger partial charge in [0.15, 0.2) is 0 Å². The first kappa shape index (κ1) is 15.0. The van der Waals surface area contributed by atoms with E-state index in [0.29, 0.717) is 6.04 Å². The number of piperidine rings is 1. The molecule has 0 saturated carbocycles. The van der Waals surface area contributed by atoms with Crippen LogP contribution in [0.15, 0.2) is 24.3 Å². The Bertz CT molecular complexity index is 439. The largest absolute Gasteiger partial charge is 0.314 e. The van der Waals surface area contributed by atoms with Gasteiger partial charge in [0.2, 0.25) is 0 Å². The van der Waals surface area contributed by atoms with Gasteiger partial charge in [0.25, 0.3) is 0 Å². The monoisotopic (exact) mass is 290 g/mol. The Labute approximate surface area is 127 Å². The van der Waals surface area contributed by atoms with Gasteiger partial charge in [0, 0.05) is 18.6 Å². The molecule has 1 N–H and O–H groups in total. The molecule has 0 amide bonds. The van der Waals surface area contributed by atoms with E-state index in [4.69, 9.17) is 0 Å². The maximum absolute atomic E-state index is 13.0. The summed E-state index contributed by atoms with van der Waals surface area (Å²) in [6.07, 6.45) is 6.40. The molecule has 1 aromatic carbocycles. The van der Waals surface area contributed by atoms with Gasteiger partial charge in [-0.25, -0.2) is 4.39 Å². The van der Waals surface area contributed by atoms with Crippen molar-refractivity contribution in [2.45, 2.75) is 51.1 Å². The Kier molecular flexibility index (Phi) is 4.91. The summed E-state index contributed by atoms with van der Waals surface area (Å²) in [4.78, 5) is 2.64. The fraction of sp³-hybridized carbons (Fsp3) is 0.667. The van der Waals surface area contributed by atoms with Gasteiger partial charge in [0.1, 0.15) is 5.82 Å². The van der Waals surface area contributed by atoms with Crippen LogP contribution in [0.1, 0.15) is 38.2 Å². The fourth-order valence-corrected chi connectivity index (χ4v) is 3.97. The third-order valence-corrected chi connectivity index (χ3v) is 5.22. The Hall–Kier alpha value is -0.930. The minimum Gasteiger partial charge on any atom is -0.314 e. The normalized spacial score (nSPS) is 28.7. The molecule has 2 aliphatic heterocycles. The molecule has 3 atom stereocenters. The lowest BCUT2D eigenvalue weighted by molar-refractivity contribution is 0.114. The molecular formula is C18H27FN2. The Morgan fingerprint density at radius 1 is 1.24 bits per heavy atom. The molecule has 2 aliphatic rings. The van der Waals surface area contributed by atoms with E-state index in [1.807, 2.05) is 12.1 Å². The molecule has 3 heteroatoms. The van der Waals surface area contributed by atoms with Crippen LogP contribution in [0.2, 0.25) is 0 Å². The van der Waals surface area contributed by atoms with E-state index in [1.54, 1.807) is 12.1 Å². The summed E-state index contributed by atoms with van der Waals surface area (Å²) < 4.78 is 13.0. The van der Waals surface area contributed by atoms with E-state index in [-0.39, 0.29) is 5.82 Å². The van der Waals surface area contributed by atoms with E-state index in [0.717, 1.165) is 18.4 Å². The quantitative estimate of drug-likeness (QED) is 0.916. The van der Waals surface area contributed by atoms with Crippen molar-refractivity contribution in [3.05, 3.63) is 35.6 Å². The van der Waals surface area contributed by atoms with Gasteiger partial charge in [-0.15, -0.1) is 0 Å². The topological polar surface area (TPSA) is 15.3 Å². The zero-order chi connectivity index (χ0) is 14.7. The molecule has 0 bridgehead atoms. The number of benzene rings is 1. The number of hydrogen-bond acceptors (Lipinski definition) is 2. The van der Waals surface area contributed by atoms with Gasteiger partial charge in [-0.3, -0.25) is 4.90 Å². The second kappa shape index (κ2) is 6.89. The number of halogens is 1. The van der Waals surface area contributed by atoms with Crippen molar-refractivity contribution in [2.24, 2.45) is 5.92 Å². The highest BCUT2D eigenvalue weighted by Gasteiger charge is 2.30. The van der Waals surface area contributed by atoms with E-state index in [9.17, 15) is 4.39 Å². The first-order chi connectivity index (χ1) is 10.2. The zero-order valence-corrected chi connectivity index (χ0v) is 13.0. The number of nitrogens with zero attached hydrogens (tertiary/aromatic N) is 1. The maximum atomic E-state index is 13.0. The van der Waals surface area contributed by atoms with Crippen LogP contribution in [0.4, 0.5) is 4.39 Å². The van der Waals surface area contributed by atoms with E-state index in [1.165, 1.54) is 50.9 Å². The molecule has 0 aliphatic carbocycles. The van der Waals surface area contributed by atoms with E-state index >= 15 is 0 Å². The number of nitrogens with one attached hydrogen (secondary N) is 1. The van der Waals surface area contributed by atoms with Crippen molar-refractivity contribution >= 4 is 0 Å². The molecule has 0 spiro atoms. The lowest BCUT2D eigenvalue weighted by Crippen LogP contribution is -2.47. The third kappa shape index (κ3) is 3.83. The van der Waals surface area contributed by atoms with Crippen LogP contribution >= 0.6 is 0 Å². The highest BCUT2D eigenvalue weighted by atomic mass is 19.1. The van der Waals surface area contributed by atoms with E-state index in [2.05, 4.69) is 17.1 Å². The third-order valence-electron chi connectivity index (χ3n) is 5.22. The van der Waals surface area contributed by atoms with Crippen molar-refractivity contribution in [2.75, 3.05) is 19.6 Å².